The van der Waals surface area contributed by atoms with Crippen molar-refractivity contribution in [3.8, 4) is 5.69 Å². The van der Waals surface area contributed by atoms with Crippen LogP contribution in [0.25, 0.3) is 5.69 Å². The first-order chi connectivity index (χ1) is 9.45. The zero-order valence-corrected chi connectivity index (χ0v) is 12.0. The Morgan fingerprint density at radius 1 is 1.45 bits per heavy atom. The van der Waals surface area contributed by atoms with Gasteiger partial charge in [0.15, 0.2) is 0 Å². The first-order valence-electron chi connectivity index (χ1n) is 5.91. The van der Waals surface area contributed by atoms with Crippen LogP contribution in [0, 0.1) is 5.82 Å². The smallest absolute Gasteiger partial charge is 0.340 e. The van der Waals surface area contributed by atoms with E-state index in [0.717, 1.165) is 12.5 Å². The molecule has 1 aromatic carbocycles. The van der Waals surface area contributed by atoms with Crippen LogP contribution >= 0.6 is 23.2 Å². The lowest BCUT2D eigenvalue weighted by Gasteiger charge is -2.04. The Morgan fingerprint density at radius 2 is 2.15 bits per heavy atom. The van der Waals surface area contributed by atoms with Gasteiger partial charge in [0, 0.05) is 6.07 Å². The summed E-state index contributed by atoms with van der Waals surface area (Å²) in [7, 11) is 0. The van der Waals surface area contributed by atoms with Gasteiger partial charge in [-0.05, 0) is 18.6 Å². The van der Waals surface area contributed by atoms with Crippen molar-refractivity contribution in [2.24, 2.45) is 0 Å². The molecule has 0 atom stereocenters. The van der Waals surface area contributed by atoms with Gasteiger partial charge >= 0.3 is 5.97 Å². The number of hydrogen-bond donors (Lipinski definition) is 1. The quantitative estimate of drug-likeness (QED) is 0.928. The highest BCUT2D eigenvalue weighted by Gasteiger charge is 2.22. The van der Waals surface area contributed by atoms with Gasteiger partial charge in [0.2, 0.25) is 0 Å². The summed E-state index contributed by atoms with van der Waals surface area (Å²) in [6.07, 6.45) is 1.20. The van der Waals surface area contributed by atoms with Gasteiger partial charge in [0.1, 0.15) is 16.5 Å². The summed E-state index contributed by atoms with van der Waals surface area (Å²) in [5, 5.41) is 13.3. The van der Waals surface area contributed by atoms with E-state index in [2.05, 4.69) is 5.10 Å². The molecule has 7 heteroatoms. The average Bonchev–Trinajstić information content (AvgIpc) is 2.70. The molecular formula is C13H11Cl2FN2O2. The second kappa shape index (κ2) is 5.81. The molecule has 1 heterocycles. The number of carboxylic acids is 1. The third-order valence-corrected chi connectivity index (χ3v) is 3.41. The van der Waals surface area contributed by atoms with Crippen LogP contribution in [0.15, 0.2) is 18.2 Å². The van der Waals surface area contributed by atoms with Crippen molar-refractivity contribution in [2.45, 2.75) is 19.8 Å². The number of aromatic nitrogens is 2. The summed E-state index contributed by atoms with van der Waals surface area (Å²) in [6, 6.07) is 4.04. The molecule has 0 aliphatic heterocycles. The van der Waals surface area contributed by atoms with Crippen LogP contribution in [0.1, 0.15) is 29.4 Å². The Morgan fingerprint density at radius 3 is 2.70 bits per heavy atom. The zero-order chi connectivity index (χ0) is 14.9. The standard InChI is InChI=1S/C13H11Cl2FN2O2/c1-2-3-10-11(13(19)20)12(15)18(17-10)7-4-5-8(14)9(16)6-7/h4-6H,2-3H2,1H3,(H,19,20). The Bertz CT molecular complexity index is 671. The maximum atomic E-state index is 13.5. The number of nitrogens with zero attached hydrogens (tertiary/aromatic N) is 2. The van der Waals surface area contributed by atoms with Gasteiger partial charge in [0.25, 0.3) is 0 Å². The highest BCUT2D eigenvalue weighted by atomic mass is 35.5. The molecule has 0 fully saturated rings. The molecule has 0 bridgehead atoms. The summed E-state index contributed by atoms with van der Waals surface area (Å²) in [5.41, 5.74) is 0.644. The van der Waals surface area contributed by atoms with E-state index in [-0.39, 0.29) is 15.7 Å². The van der Waals surface area contributed by atoms with E-state index >= 15 is 0 Å². The first kappa shape index (κ1) is 14.8. The van der Waals surface area contributed by atoms with Gasteiger partial charge < -0.3 is 5.11 Å². The number of rotatable bonds is 4. The molecule has 1 N–H and O–H groups in total. The van der Waals surface area contributed by atoms with E-state index in [1.165, 1.54) is 16.8 Å². The lowest BCUT2D eigenvalue weighted by Crippen LogP contribution is -2.00. The molecule has 0 radical (unpaired) electrons. The first-order valence-corrected chi connectivity index (χ1v) is 6.67. The van der Waals surface area contributed by atoms with Gasteiger partial charge in [-0.2, -0.15) is 5.10 Å². The van der Waals surface area contributed by atoms with Crippen molar-refractivity contribution < 1.29 is 14.3 Å². The summed E-state index contributed by atoms with van der Waals surface area (Å²) in [5.74, 6) is -1.77. The maximum absolute atomic E-state index is 13.5. The van der Waals surface area contributed by atoms with Crippen molar-refractivity contribution in [3.05, 3.63) is 45.4 Å². The molecule has 4 nitrogen and oxygen atoms in total. The summed E-state index contributed by atoms with van der Waals surface area (Å²) >= 11 is 11.7. The summed E-state index contributed by atoms with van der Waals surface area (Å²) in [4.78, 5) is 11.3. The number of halogens is 3. The van der Waals surface area contributed by atoms with Crippen LogP contribution in [-0.2, 0) is 6.42 Å². The van der Waals surface area contributed by atoms with Crippen molar-refractivity contribution in [1.82, 2.24) is 9.78 Å². The Labute approximate surface area is 124 Å². The molecule has 2 aromatic rings. The molecule has 0 spiro atoms. The van der Waals surface area contributed by atoms with Gasteiger partial charge in [-0.1, -0.05) is 36.5 Å². The summed E-state index contributed by atoms with van der Waals surface area (Å²) in [6.45, 7) is 1.90. The topological polar surface area (TPSA) is 55.1 Å². The minimum Gasteiger partial charge on any atom is -0.478 e. The molecule has 0 aliphatic rings. The Kier molecular flexibility index (Phi) is 4.30. The third kappa shape index (κ3) is 2.64. The van der Waals surface area contributed by atoms with Crippen molar-refractivity contribution in [1.29, 1.82) is 0 Å². The van der Waals surface area contributed by atoms with Crippen LogP contribution in [0.4, 0.5) is 4.39 Å². The monoisotopic (exact) mass is 316 g/mol. The van der Waals surface area contributed by atoms with E-state index in [1.807, 2.05) is 6.92 Å². The lowest BCUT2D eigenvalue weighted by molar-refractivity contribution is 0.0696. The van der Waals surface area contributed by atoms with Gasteiger partial charge in [-0.15, -0.1) is 0 Å². The fourth-order valence-electron chi connectivity index (χ4n) is 1.85. The third-order valence-electron chi connectivity index (χ3n) is 2.75. The number of carboxylic acid groups (broad SMARTS) is 1. The molecule has 0 saturated carbocycles. The molecule has 20 heavy (non-hydrogen) atoms. The van der Waals surface area contributed by atoms with Crippen LogP contribution in [0.3, 0.4) is 0 Å². The van der Waals surface area contributed by atoms with Gasteiger partial charge in [-0.3, -0.25) is 0 Å². The molecular weight excluding hydrogens is 306 g/mol. The van der Waals surface area contributed by atoms with Crippen LogP contribution in [0.5, 0.6) is 0 Å². The number of aryl methyl sites for hydroxylation is 1. The molecule has 0 unspecified atom stereocenters. The molecule has 106 valence electrons. The second-order valence-corrected chi connectivity index (χ2v) is 4.94. The van der Waals surface area contributed by atoms with Crippen molar-refractivity contribution in [3.63, 3.8) is 0 Å². The Balaban J connectivity index is 2.59. The minimum absolute atomic E-state index is 0.0238. The SMILES string of the molecule is CCCc1nn(-c2ccc(Cl)c(F)c2)c(Cl)c1C(=O)O. The highest BCUT2D eigenvalue weighted by molar-refractivity contribution is 6.33. The molecule has 1 aromatic heterocycles. The molecule has 0 amide bonds. The van der Waals surface area contributed by atoms with E-state index in [4.69, 9.17) is 23.2 Å². The molecule has 2 rings (SSSR count). The Hall–Kier alpha value is -1.59. The molecule has 0 aliphatic carbocycles. The number of carbonyl (C=O) groups is 1. The van der Waals surface area contributed by atoms with E-state index in [0.29, 0.717) is 17.8 Å². The van der Waals surface area contributed by atoms with Crippen molar-refractivity contribution in [2.75, 3.05) is 0 Å². The second-order valence-electron chi connectivity index (χ2n) is 4.18. The number of hydrogen-bond acceptors (Lipinski definition) is 2. The van der Waals surface area contributed by atoms with Crippen LogP contribution < -0.4 is 0 Å². The minimum atomic E-state index is -1.15. The van der Waals surface area contributed by atoms with Crippen LogP contribution in [-0.4, -0.2) is 20.9 Å². The highest BCUT2D eigenvalue weighted by Crippen LogP contribution is 2.26. The maximum Gasteiger partial charge on any atom is 0.340 e. The van der Waals surface area contributed by atoms with Gasteiger partial charge in [0.05, 0.1) is 16.4 Å². The number of aromatic carboxylic acids is 1. The largest absolute Gasteiger partial charge is 0.478 e. The summed E-state index contributed by atoms with van der Waals surface area (Å²) < 4.78 is 14.7. The number of benzene rings is 1. The van der Waals surface area contributed by atoms with Gasteiger partial charge in [-0.25, -0.2) is 13.9 Å². The zero-order valence-electron chi connectivity index (χ0n) is 10.5. The predicted octanol–water partition coefficient (Wildman–Crippen LogP) is 3.97. The van der Waals surface area contributed by atoms with E-state index in [9.17, 15) is 14.3 Å². The molecule has 0 saturated heterocycles. The van der Waals surface area contributed by atoms with E-state index in [1.54, 1.807) is 0 Å². The fraction of sp³-hybridized carbons (Fsp3) is 0.231. The average molecular weight is 317 g/mol. The normalized spacial score (nSPS) is 10.8. The van der Waals surface area contributed by atoms with Crippen molar-refractivity contribution >= 4 is 29.2 Å². The predicted molar refractivity (Wildman–Crippen MR) is 74.5 cm³/mol. The van der Waals surface area contributed by atoms with Crippen LogP contribution in [0.2, 0.25) is 10.2 Å². The lowest BCUT2D eigenvalue weighted by atomic mass is 10.2. The fourth-order valence-corrected chi connectivity index (χ4v) is 2.29. The van der Waals surface area contributed by atoms with E-state index < -0.39 is 11.8 Å².